The van der Waals surface area contributed by atoms with Gasteiger partial charge < -0.3 is 4.85 Å². The fraction of sp³-hybridized carbons (Fsp3) is 0.625. The van der Waals surface area contributed by atoms with E-state index in [1.165, 1.54) is 12.8 Å². The standard InChI is InChI=1S/C8H11N/c1-9-7-8-5-3-2-4-6-8/h2-3,8H,4-7H2. The summed E-state index contributed by atoms with van der Waals surface area (Å²) in [7, 11) is 0. The fourth-order valence-corrected chi connectivity index (χ4v) is 1.15. The monoisotopic (exact) mass is 121 g/mol. The predicted octanol–water partition coefficient (Wildman–Crippen LogP) is 2.26. The summed E-state index contributed by atoms with van der Waals surface area (Å²) in [6.07, 6.45) is 7.93. The van der Waals surface area contributed by atoms with Crippen molar-refractivity contribution in [3.63, 3.8) is 0 Å². The molecule has 0 spiro atoms. The first kappa shape index (κ1) is 6.35. The number of nitrogens with zero attached hydrogens (tertiary/aromatic N) is 1. The molecule has 0 heterocycles. The van der Waals surface area contributed by atoms with Crippen LogP contribution in [0.1, 0.15) is 19.3 Å². The van der Waals surface area contributed by atoms with Crippen molar-refractivity contribution in [2.45, 2.75) is 19.3 Å². The van der Waals surface area contributed by atoms with Gasteiger partial charge in [0.15, 0.2) is 0 Å². The Morgan fingerprint density at radius 2 is 2.44 bits per heavy atom. The maximum atomic E-state index is 6.64. The first-order chi connectivity index (χ1) is 4.43. The van der Waals surface area contributed by atoms with Gasteiger partial charge >= 0.3 is 0 Å². The van der Waals surface area contributed by atoms with E-state index in [9.17, 15) is 0 Å². The normalized spacial score (nSPS) is 25.4. The molecule has 0 aliphatic heterocycles. The minimum Gasteiger partial charge on any atom is -0.317 e. The van der Waals surface area contributed by atoms with Crippen LogP contribution in [0.25, 0.3) is 4.85 Å². The molecule has 0 amide bonds. The zero-order valence-electron chi connectivity index (χ0n) is 5.51. The molecule has 1 rings (SSSR count). The first-order valence-electron chi connectivity index (χ1n) is 3.41. The molecule has 0 aromatic heterocycles. The van der Waals surface area contributed by atoms with Gasteiger partial charge in [0.05, 0.1) is 0 Å². The van der Waals surface area contributed by atoms with Gasteiger partial charge in [0, 0.05) is 5.92 Å². The van der Waals surface area contributed by atoms with E-state index in [0.29, 0.717) is 5.92 Å². The molecule has 0 saturated heterocycles. The molecule has 1 aliphatic rings. The highest BCUT2D eigenvalue weighted by Gasteiger charge is 2.10. The lowest BCUT2D eigenvalue weighted by Crippen LogP contribution is -2.04. The molecule has 0 radical (unpaired) electrons. The van der Waals surface area contributed by atoms with E-state index < -0.39 is 0 Å². The fourth-order valence-electron chi connectivity index (χ4n) is 1.15. The topological polar surface area (TPSA) is 4.36 Å². The smallest absolute Gasteiger partial charge is 0.217 e. The minimum atomic E-state index is 0.660. The molecule has 1 atom stereocenters. The zero-order chi connectivity index (χ0) is 6.53. The predicted molar refractivity (Wildman–Crippen MR) is 38.0 cm³/mol. The van der Waals surface area contributed by atoms with Crippen LogP contribution in [0.5, 0.6) is 0 Å². The van der Waals surface area contributed by atoms with Gasteiger partial charge in [-0.05, 0) is 19.3 Å². The minimum absolute atomic E-state index is 0.660. The molecule has 0 saturated carbocycles. The van der Waals surface area contributed by atoms with E-state index in [4.69, 9.17) is 6.57 Å². The highest BCUT2D eigenvalue weighted by atomic mass is 14.6. The van der Waals surface area contributed by atoms with Crippen LogP contribution in [0.3, 0.4) is 0 Å². The third-order valence-electron chi connectivity index (χ3n) is 1.73. The van der Waals surface area contributed by atoms with Crippen LogP contribution in [0.15, 0.2) is 12.2 Å². The van der Waals surface area contributed by atoms with Gasteiger partial charge in [-0.2, -0.15) is 0 Å². The second-order valence-electron chi connectivity index (χ2n) is 2.49. The highest BCUT2D eigenvalue weighted by molar-refractivity contribution is 4.91. The van der Waals surface area contributed by atoms with Gasteiger partial charge in [0.2, 0.25) is 6.54 Å². The van der Waals surface area contributed by atoms with E-state index in [2.05, 4.69) is 17.0 Å². The van der Waals surface area contributed by atoms with Gasteiger partial charge in [0.25, 0.3) is 0 Å². The number of hydrogen-bond acceptors (Lipinski definition) is 0. The second kappa shape index (κ2) is 3.29. The van der Waals surface area contributed by atoms with Crippen molar-refractivity contribution in [1.29, 1.82) is 0 Å². The lowest BCUT2D eigenvalue weighted by Gasteiger charge is -2.10. The van der Waals surface area contributed by atoms with Crippen LogP contribution in [0, 0.1) is 12.5 Å². The SMILES string of the molecule is [C-]#[N+]CC1CC=CCC1. The summed E-state index contributed by atoms with van der Waals surface area (Å²) in [6, 6.07) is 0. The molecule has 1 heteroatoms. The molecule has 0 aromatic rings. The summed E-state index contributed by atoms with van der Waals surface area (Å²) in [5.41, 5.74) is 0. The van der Waals surface area contributed by atoms with Gasteiger partial charge in [-0.15, -0.1) is 0 Å². The van der Waals surface area contributed by atoms with Crippen molar-refractivity contribution >= 4 is 0 Å². The number of rotatable bonds is 1. The van der Waals surface area contributed by atoms with E-state index in [1.54, 1.807) is 0 Å². The van der Waals surface area contributed by atoms with Gasteiger partial charge in [-0.3, -0.25) is 0 Å². The molecule has 0 fully saturated rings. The Bertz CT molecular complexity index is 141. The molecule has 1 nitrogen and oxygen atoms in total. The molecule has 48 valence electrons. The molecule has 0 bridgehead atoms. The summed E-state index contributed by atoms with van der Waals surface area (Å²) in [6.45, 7) is 7.37. The van der Waals surface area contributed by atoms with Gasteiger partial charge in [-0.1, -0.05) is 12.2 Å². The van der Waals surface area contributed by atoms with E-state index >= 15 is 0 Å². The number of hydrogen-bond donors (Lipinski definition) is 0. The van der Waals surface area contributed by atoms with Gasteiger partial charge in [0.1, 0.15) is 0 Å². The summed E-state index contributed by atoms with van der Waals surface area (Å²) in [5.74, 6) is 0.660. The lowest BCUT2D eigenvalue weighted by atomic mass is 9.95. The third kappa shape index (κ3) is 1.89. The maximum Gasteiger partial charge on any atom is 0.217 e. The van der Waals surface area contributed by atoms with Crippen molar-refractivity contribution in [2.75, 3.05) is 6.54 Å². The zero-order valence-corrected chi connectivity index (χ0v) is 5.51. The van der Waals surface area contributed by atoms with Crippen molar-refractivity contribution in [3.8, 4) is 0 Å². The van der Waals surface area contributed by atoms with Crippen LogP contribution >= 0.6 is 0 Å². The molecular weight excluding hydrogens is 110 g/mol. The van der Waals surface area contributed by atoms with Crippen LogP contribution in [-0.2, 0) is 0 Å². The van der Waals surface area contributed by atoms with Crippen LogP contribution in [0.4, 0.5) is 0 Å². The summed E-state index contributed by atoms with van der Waals surface area (Å²) >= 11 is 0. The van der Waals surface area contributed by atoms with Crippen molar-refractivity contribution in [2.24, 2.45) is 5.92 Å². The van der Waals surface area contributed by atoms with Crippen LogP contribution in [0.2, 0.25) is 0 Å². The van der Waals surface area contributed by atoms with E-state index in [0.717, 1.165) is 13.0 Å². The van der Waals surface area contributed by atoms with E-state index in [-0.39, 0.29) is 0 Å². The summed E-state index contributed by atoms with van der Waals surface area (Å²) in [5, 5.41) is 0. The largest absolute Gasteiger partial charge is 0.317 e. The summed E-state index contributed by atoms with van der Waals surface area (Å²) in [4.78, 5) is 3.38. The average molecular weight is 121 g/mol. The molecular formula is C8H11N. The van der Waals surface area contributed by atoms with Crippen LogP contribution < -0.4 is 0 Å². The molecule has 0 aromatic carbocycles. The highest BCUT2D eigenvalue weighted by Crippen LogP contribution is 2.17. The van der Waals surface area contributed by atoms with Crippen molar-refractivity contribution in [1.82, 2.24) is 0 Å². The Hall–Kier alpha value is -0.770. The van der Waals surface area contributed by atoms with Crippen molar-refractivity contribution < 1.29 is 0 Å². The Morgan fingerprint density at radius 3 is 3.00 bits per heavy atom. The quantitative estimate of drug-likeness (QED) is 0.370. The lowest BCUT2D eigenvalue weighted by molar-refractivity contribution is 0.515. The van der Waals surface area contributed by atoms with Crippen molar-refractivity contribution in [3.05, 3.63) is 23.6 Å². The average Bonchev–Trinajstić information content (AvgIpc) is 1.91. The van der Waals surface area contributed by atoms with Gasteiger partial charge in [-0.25, -0.2) is 6.57 Å². The molecule has 1 unspecified atom stereocenters. The van der Waals surface area contributed by atoms with E-state index in [1.807, 2.05) is 0 Å². The summed E-state index contributed by atoms with van der Waals surface area (Å²) < 4.78 is 0. The maximum absolute atomic E-state index is 6.64. The Balaban J connectivity index is 2.28. The third-order valence-corrected chi connectivity index (χ3v) is 1.73. The first-order valence-corrected chi connectivity index (χ1v) is 3.41. The van der Waals surface area contributed by atoms with Crippen LogP contribution in [-0.4, -0.2) is 6.54 Å². The Kier molecular flexibility index (Phi) is 2.32. The Labute approximate surface area is 56.2 Å². The molecule has 9 heavy (non-hydrogen) atoms. The number of allylic oxidation sites excluding steroid dienone is 2. The second-order valence-corrected chi connectivity index (χ2v) is 2.49. The molecule has 0 N–H and O–H groups in total. The Morgan fingerprint density at radius 1 is 1.56 bits per heavy atom. The molecule has 1 aliphatic carbocycles.